The number of carbonyl (C=O) groups excluding carboxylic acids is 4. The van der Waals surface area contributed by atoms with E-state index >= 15 is 0 Å². The Balaban J connectivity index is 5.56. The zero-order chi connectivity index (χ0) is 27.1. The number of primary amides is 1. The number of carboxylic acid groups (broad SMARTS) is 3. The summed E-state index contributed by atoms with van der Waals surface area (Å²) in [6.07, 6.45) is -1.69. The van der Waals surface area contributed by atoms with Gasteiger partial charge in [-0.2, -0.15) is 0 Å². The average Bonchev–Trinajstić information content (AvgIpc) is 2.74. The molecule has 0 aliphatic heterocycles. The second-order valence-corrected chi connectivity index (χ2v) is 7.61. The van der Waals surface area contributed by atoms with Crippen LogP contribution in [0.5, 0.6) is 0 Å². The van der Waals surface area contributed by atoms with Crippen molar-refractivity contribution in [1.82, 2.24) is 16.0 Å². The highest BCUT2D eigenvalue weighted by molar-refractivity contribution is 5.96. The van der Waals surface area contributed by atoms with Crippen LogP contribution in [0.4, 0.5) is 0 Å². The number of rotatable bonds is 18. The highest BCUT2D eigenvalue weighted by atomic mass is 16.4. The third-order valence-electron chi connectivity index (χ3n) is 4.61. The third kappa shape index (κ3) is 13.5. The van der Waals surface area contributed by atoms with Crippen LogP contribution in [-0.4, -0.2) is 87.6 Å². The molecule has 0 aromatic rings. The van der Waals surface area contributed by atoms with E-state index in [1.807, 2.05) is 5.32 Å². The van der Waals surface area contributed by atoms with E-state index in [1.165, 1.54) is 0 Å². The number of carboxylic acids is 3. The Morgan fingerprint density at radius 3 is 1.71 bits per heavy atom. The van der Waals surface area contributed by atoms with Gasteiger partial charge in [0.25, 0.3) is 0 Å². The molecule has 198 valence electrons. The second-order valence-electron chi connectivity index (χ2n) is 7.61. The lowest BCUT2D eigenvalue weighted by atomic mass is 10.1. The van der Waals surface area contributed by atoms with Crippen molar-refractivity contribution in [3.8, 4) is 0 Å². The molecule has 4 amide bonds. The lowest BCUT2D eigenvalue weighted by molar-refractivity contribution is -0.144. The minimum Gasteiger partial charge on any atom is -0.481 e. The Bertz CT molecular complexity index is 805. The van der Waals surface area contributed by atoms with Gasteiger partial charge in [-0.1, -0.05) is 0 Å². The van der Waals surface area contributed by atoms with Gasteiger partial charge in [-0.25, -0.2) is 4.79 Å². The summed E-state index contributed by atoms with van der Waals surface area (Å²) in [5.41, 5.74) is 15.8. The van der Waals surface area contributed by atoms with Gasteiger partial charge in [-0.3, -0.25) is 28.8 Å². The standard InChI is InChI=1S/C19H32N6O10/c20-6-2-1-3-11(19(34)35)24-17(32)10(4-5-14(27)28)23-18(33)12(8-15(29)30)25-16(31)9(21)7-13(22)26/h9-12H,1-8,20-21H2,(H2,22,26)(H,23,33)(H,24,32)(H,25,31)(H,27,28)(H,29,30)(H,34,35). The van der Waals surface area contributed by atoms with E-state index in [2.05, 4.69) is 10.6 Å². The average molecular weight is 504 g/mol. The first-order valence-corrected chi connectivity index (χ1v) is 10.6. The van der Waals surface area contributed by atoms with Crippen LogP contribution in [-0.2, 0) is 33.6 Å². The van der Waals surface area contributed by atoms with Crippen molar-refractivity contribution in [3.05, 3.63) is 0 Å². The minimum atomic E-state index is -1.75. The predicted octanol–water partition coefficient (Wildman–Crippen LogP) is -3.80. The number of unbranched alkanes of at least 4 members (excludes halogenated alkanes) is 1. The van der Waals surface area contributed by atoms with Gasteiger partial charge in [0.1, 0.15) is 18.1 Å². The van der Waals surface area contributed by atoms with Gasteiger partial charge in [0.15, 0.2) is 0 Å². The molecule has 0 heterocycles. The summed E-state index contributed by atoms with van der Waals surface area (Å²) in [7, 11) is 0. The normalized spacial score (nSPS) is 14.0. The number of hydrogen-bond acceptors (Lipinski definition) is 9. The number of hydrogen-bond donors (Lipinski definition) is 9. The highest BCUT2D eigenvalue weighted by Crippen LogP contribution is 2.06. The van der Waals surface area contributed by atoms with Gasteiger partial charge in [-0.05, 0) is 32.2 Å². The molecule has 0 aliphatic carbocycles. The number of amides is 4. The Morgan fingerprint density at radius 2 is 1.23 bits per heavy atom. The van der Waals surface area contributed by atoms with E-state index < -0.39 is 91.4 Å². The maximum Gasteiger partial charge on any atom is 0.326 e. The molecule has 0 fully saturated rings. The van der Waals surface area contributed by atoms with Crippen LogP contribution in [0.25, 0.3) is 0 Å². The molecular weight excluding hydrogens is 472 g/mol. The maximum absolute atomic E-state index is 12.7. The molecule has 0 saturated heterocycles. The van der Waals surface area contributed by atoms with Crippen LogP contribution in [0.15, 0.2) is 0 Å². The second kappa shape index (κ2) is 15.9. The lowest BCUT2D eigenvalue weighted by Crippen LogP contribution is -2.57. The van der Waals surface area contributed by atoms with E-state index in [4.69, 9.17) is 27.4 Å². The monoisotopic (exact) mass is 504 g/mol. The van der Waals surface area contributed by atoms with Crippen molar-refractivity contribution < 1.29 is 48.9 Å². The Hall–Kier alpha value is -3.79. The number of nitrogens with one attached hydrogen (secondary N) is 3. The van der Waals surface area contributed by atoms with Crippen molar-refractivity contribution in [2.45, 2.75) is 69.1 Å². The van der Waals surface area contributed by atoms with Gasteiger partial charge in [0.2, 0.25) is 23.6 Å². The minimum absolute atomic E-state index is 0.0211. The lowest BCUT2D eigenvalue weighted by Gasteiger charge is -2.24. The molecule has 0 rings (SSSR count). The fourth-order valence-corrected chi connectivity index (χ4v) is 2.80. The van der Waals surface area contributed by atoms with Crippen molar-refractivity contribution in [1.29, 1.82) is 0 Å². The largest absolute Gasteiger partial charge is 0.481 e. The third-order valence-corrected chi connectivity index (χ3v) is 4.61. The van der Waals surface area contributed by atoms with Crippen LogP contribution in [0.2, 0.25) is 0 Å². The topological polar surface area (TPSA) is 294 Å². The Morgan fingerprint density at radius 1 is 0.686 bits per heavy atom. The van der Waals surface area contributed by atoms with Crippen LogP contribution in [0, 0.1) is 0 Å². The van der Waals surface area contributed by atoms with E-state index in [1.54, 1.807) is 0 Å². The van der Waals surface area contributed by atoms with Gasteiger partial charge < -0.3 is 48.5 Å². The number of carbonyl (C=O) groups is 7. The van der Waals surface area contributed by atoms with Gasteiger partial charge >= 0.3 is 17.9 Å². The Kier molecular flexibility index (Phi) is 14.2. The quantitative estimate of drug-likeness (QED) is 0.0812. The molecule has 16 heteroatoms. The zero-order valence-electron chi connectivity index (χ0n) is 18.9. The molecule has 0 spiro atoms. The molecule has 4 unspecified atom stereocenters. The van der Waals surface area contributed by atoms with Crippen LogP contribution < -0.4 is 33.2 Å². The summed E-state index contributed by atoms with van der Waals surface area (Å²) in [6, 6.07) is -6.14. The smallest absolute Gasteiger partial charge is 0.326 e. The van der Waals surface area contributed by atoms with Crippen LogP contribution in [0.1, 0.15) is 44.9 Å². The summed E-state index contributed by atoms with van der Waals surface area (Å²) in [5, 5.41) is 33.7. The molecule has 0 radical (unpaired) electrons. The molecule has 0 aromatic heterocycles. The molecule has 35 heavy (non-hydrogen) atoms. The first-order chi connectivity index (χ1) is 16.3. The molecule has 0 bridgehead atoms. The van der Waals surface area contributed by atoms with Gasteiger partial charge in [0, 0.05) is 6.42 Å². The summed E-state index contributed by atoms with van der Waals surface area (Å²) in [5.74, 6) is -8.37. The molecule has 12 N–H and O–H groups in total. The molecule has 4 atom stereocenters. The van der Waals surface area contributed by atoms with E-state index in [0.29, 0.717) is 19.4 Å². The van der Waals surface area contributed by atoms with E-state index in [9.17, 15) is 38.7 Å². The SMILES string of the molecule is NCCCCC(NC(=O)C(CCC(=O)O)NC(=O)C(CC(=O)O)NC(=O)C(N)CC(N)=O)C(=O)O. The van der Waals surface area contributed by atoms with Crippen LogP contribution in [0.3, 0.4) is 0 Å². The number of nitrogens with two attached hydrogens (primary N) is 3. The summed E-state index contributed by atoms with van der Waals surface area (Å²) >= 11 is 0. The fraction of sp³-hybridized carbons (Fsp3) is 0.632. The first kappa shape index (κ1) is 31.2. The maximum atomic E-state index is 12.7. The van der Waals surface area contributed by atoms with Crippen molar-refractivity contribution in [3.63, 3.8) is 0 Å². The van der Waals surface area contributed by atoms with Gasteiger partial charge in [0.05, 0.1) is 18.9 Å². The molecule has 0 aromatic carbocycles. The summed E-state index contributed by atoms with van der Waals surface area (Å²) in [4.78, 5) is 81.9. The Labute approximate surface area is 199 Å². The summed E-state index contributed by atoms with van der Waals surface area (Å²) < 4.78 is 0. The number of aliphatic carboxylic acids is 3. The molecule has 16 nitrogen and oxygen atoms in total. The van der Waals surface area contributed by atoms with E-state index in [-0.39, 0.29) is 6.42 Å². The zero-order valence-corrected chi connectivity index (χ0v) is 18.9. The van der Waals surface area contributed by atoms with E-state index in [0.717, 1.165) is 0 Å². The van der Waals surface area contributed by atoms with Crippen LogP contribution >= 0.6 is 0 Å². The van der Waals surface area contributed by atoms with Gasteiger partial charge in [-0.15, -0.1) is 0 Å². The highest BCUT2D eigenvalue weighted by Gasteiger charge is 2.31. The summed E-state index contributed by atoms with van der Waals surface area (Å²) in [6.45, 7) is 0.303. The first-order valence-electron chi connectivity index (χ1n) is 10.6. The molecular formula is C19H32N6O10. The van der Waals surface area contributed by atoms with Crippen molar-refractivity contribution in [2.75, 3.05) is 6.54 Å². The molecule has 0 saturated carbocycles. The fourth-order valence-electron chi connectivity index (χ4n) is 2.80. The predicted molar refractivity (Wildman–Crippen MR) is 117 cm³/mol. The van der Waals surface area contributed by atoms with Crippen molar-refractivity contribution >= 4 is 41.5 Å². The van der Waals surface area contributed by atoms with Crippen molar-refractivity contribution in [2.24, 2.45) is 17.2 Å². The molecule has 0 aliphatic rings.